The molecule has 1 atom stereocenters. The Hall–Kier alpha value is -0.800. The zero-order chi connectivity index (χ0) is 11.3. The van der Waals surface area contributed by atoms with Gasteiger partial charge in [-0.15, -0.1) is 0 Å². The van der Waals surface area contributed by atoms with Crippen LogP contribution in [-0.4, -0.2) is 43.3 Å². The summed E-state index contributed by atoms with van der Waals surface area (Å²) >= 11 is 0. The Labute approximate surface area is 86.9 Å². The first-order valence-electron chi connectivity index (χ1n) is 4.91. The van der Waals surface area contributed by atoms with Crippen LogP contribution in [0.15, 0.2) is 0 Å². The summed E-state index contributed by atoms with van der Waals surface area (Å²) in [5, 5.41) is 10.9. The zero-order valence-electron chi connectivity index (χ0n) is 8.35. The van der Waals surface area contributed by atoms with Gasteiger partial charge in [-0.3, -0.25) is 4.90 Å². The molecule has 0 saturated carbocycles. The Morgan fingerprint density at radius 3 is 2.80 bits per heavy atom. The lowest BCUT2D eigenvalue weighted by atomic mass is 10.1. The Kier molecular flexibility index (Phi) is 4.36. The number of halogens is 3. The summed E-state index contributed by atoms with van der Waals surface area (Å²) in [7, 11) is 0. The van der Waals surface area contributed by atoms with Gasteiger partial charge in [0, 0.05) is 12.6 Å². The van der Waals surface area contributed by atoms with Crippen molar-refractivity contribution in [1.29, 1.82) is 5.26 Å². The summed E-state index contributed by atoms with van der Waals surface area (Å²) in [6.45, 7) is 0.684. The summed E-state index contributed by atoms with van der Waals surface area (Å²) in [6, 6.07) is 1.86. The Bertz CT molecular complexity index is 234. The minimum atomic E-state index is -4.16. The first-order chi connectivity index (χ1) is 7.01. The van der Waals surface area contributed by atoms with E-state index in [9.17, 15) is 13.2 Å². The van der Waals surface area contributed by atoms with Crippen LogP contribution in [0.25, 0.3) is 0 Å². The molecule has 1 heterocycles. The highest BCUT2D eigenvalue weighted by molar-refractivity contribution is 4.84. The van der Waals surface area contributed by atoms with Gasteiger partial charge in [0.1, 0.15) is 0 Å². The third kappa shape index (κ3) is 5.00. The summed E-state index contributed by atoms with van der Waals surface area (Å²) < 4.78 is 35.8. The van der Waals surface area contributed by atoms with Crippen molar-refractivity contribution in [2.45, 2.75) is 25.1 Å². The largest absolute Gasteiger partial charge is 0.401 e. The van der Waals surface area contributed by atoms with Crippen molar-refractivity contribution < 1.29 is 13.2 Å². The molecule has 3 nitrogen and oxygen atoms in total. The van der Waals surface area contributed by atoms with E-state index >= 15 is 0 Å². The van der Waals surface area contributed by atoms with E-state index in [0.29, 0.717) is 13.1 Å². The maximum absolute atomic E-state index is 11.9. The molecule has 6 heteroatoms. The summed E-state index contributed by atoms with van der Waals surface area (Å²) in [5.74, 6) is 0. The number of likely N-dealkylation sites (tertiary alicyclic amines) is 1. The molecule has 1 aliphatic heterocycles. The van der Waals surface area contributed by atoms with E-state index in [1.54, 1.807) is 0 Å². The van der Waals surface area contributed by atoms with E-state index in [2.05, 4.69) is 5.32 Å². The monoisotopic (exact) mass is 221 g/mol. The molecule has 0 bridgehead atoms. The number of alkyl halides is 3. The molecule has 1 fully saturated rings. The van der Waals surface area contributed by atoms with Crippen molar-refractivity contribution in [1.82, 2.24) is 10.2 Å². The van der Waals surface area contributed by atoms with Gasteiger partial charge in [-0.1, -0.05) is 0 Å². The highest BCUT2D eigenvalue weighted by atomic mass is 19.4. The topological polar surface area (TPSA) is 39.1 Å². The minimum Gasteiger partial charge on any atom is -0.305 e. The number of nitrogens with one attached hydrogen (secondary N) is 1. The Balaban J connectivity index is 2.28. The lowest BCUT2D eigenvalue weighted by molar-refractivity contribution is -0.126. The predicted molar refractivity (Wildman–Crippen MR) is 49.1 cm³/mol. The first kappa shape index (κ1) is 12.3. The van der Waals surface area contributed by atoms with Crippen LogP contribution in [0.2, 0.25) is 0 Å². The normalized spacial score (nSPS) is 23.7. The van der Waals surface area contributed by atoms with Crippen molar-refractivity contribution in [3.63, 3.8) is 0 Å². The van der Waals surface area contributed by atoms with Crippen molar-refractivity contribution in [2.75, 3.05) is 26.2 Å². The van der Waals surface area contributed by atoms with Gasteiger partial charge in [0.05, 0.1) is 19.2 Å². The van der Waals surface area contributed by atoms with Gasteiger partial charge in [0.25, 0.3) is 0 Å². The van der Waals surface area contributed by atoms with Gasteiger partial charge < -0.3 is 5.32 Å². The smallest absolute Gasteiger partial charge is 0.305 e. The van der Waals surface area contributed by atoms with Gasteiger partial charge in [-0.25, -0.2) is 0 Å². The molecule has 0 aromatic rings. The van der Waals surface area contributed by atoms with Crippen LogP contribution < -0.4 is 5.32 Å². The Morgan fingerprint density at radius 2 is 2.20 bits per heavy atom. The number of hydrogen-bond acceptors (Lipinski definition) is 3. The van der Waals surface area contributed by atoms with E-state index in [1.807, 2.05) is 11.0 Å². The van der Waals surface area contributed by atoms with Crippen LogP contribution in [-0.2, 0) is 0 Å². The molecule has 1 saturated heterocycles. The summed E-state index contributed by atoms with van der Waals surface area (Å²) in [6.07, 6.45) is -2.56. The van der Waals surface area contributed by atoms with Crippen LogP contribution in [0.5, 0.6) is 0 Å². The van der Waals surface area contributed by atoms with Crippen molar-refractivity contribution >= 4 is 0 Å². The lowest BCUT2D eigenvalue weighted by Crippen LogP contribution is -2.48. The van der Waals surface area contributed by atoms with E-state index in [0.717, 1.165) is 19.4 Å². The molecule has 86 valence electrons. The zero-order valence-corrected chi connectivity index (χ0v) is 8.35. The Morgan fingerprint density at radius 1 is 1.47 bits per heavy atom. The number of rotatable bonds is 3. The fourth-order valence-corrected chi connectivity index (χ4v) is 1.73. The molecule has 0 spiro atoms. The lowest BCUT2D eigenvalue weighted by Gasteiger charge is -2.31. The molecule has 0 amide bonds. The molecule has 0 radical (unpaired) electrons. The van der Waals surface area contributed by atoms with Crippen molar-refractivity contribution in [3.8, 4) is 6.07 Å². The van der Waals surface area contributed by atoms with E-state index < -0.39 is 12.7 Å². The third-order valence-electron chi connectivity index (χ3n) is 2.39. The first-order valence-corrected chi connectivity index (χ1v) is 4.91. The number of hydrogen-bond donors (Lipinski definition) is 1. The average molecular weight is 221 g/mol. The fraction of sp³-hybridized carbons (Fsp3) is 0.889. The van der Waals surface area contributed by atoms with E-state index in [4.69, 9.17) is 5.26 Å². The summed E-state index contributed by atoms with van der Waals surface area (Å²) in [5.41, 5.74) is 0. The maximum Gasteiger partial charge on any atom is 0.401 e. The second kappa shape index (κ2) is 5.33. The van der Waals surface area contributed by atoms with Crippen molar-refractivity contribution in [3.05, 3.63) is 0 Å². The van der Waals surface area contributed by atoms with Crippen molar-refractivity contribution in [2.24, 2.45) is 0 Å². The molecule has 1 aliphatic rings. The number of nitrogens with zero attached hydrogens (tertiary/aromatic N) is 2. The quantitative estimate of drug-likeness (QED) is 0.726. The SMILES string of the molecule is N#CCN1CCC[C@H](NCC(F)(F)F)C1. The average Bonchev–Trinajstić information content (AvgIpc) is 2.15. The van der Waals surface area contributed by atoms with Crippen LogP contribution in [0.4, 0.5) is 13.2 Å². The van der Waals surface area contributed by atoms with Crippen LogP contribution in [0.3, 0.4) is 0 Å². The molecule has 1 N–H and O–H groups in total. The molecular formula is C9H14F3N3. The molecule has 0 unspecified atom stereocenters. The molecule has 0 aromatic heterocycles. The molecule has 0 aliphatic carbocycles. The molecule has 15 heavy (non-hydrogen) atoms. The fourth-order valence-electron chi connectivity index (χ4n) is 1.73. The summed E-state index contributed by atoms with van der Waals surface area (Å²) in [4.78, 5) is 1.87. The second-order valence-corrected chi connectivity index (χ2v) is 3.73. The number of nitriles is 1. The minimum absolute atomic E-state index is 0.145. The van der Waals surface area contributed by atoms with Crippen LogP contribution in [0.1, 0.15) is 12.8 Å². The predicted octanol–water partition coefficient (Wildman–Crippen LogP) is 1.13. The second-order valence-electron chi connectivity index (χ2n) is 3.73. The van der Waals surface area contributed by atoms with Crippen LogP contribution >= 0.6 is 0 Å². The van der Waals surface area contributed by atoms with Gasteiger partial charge in [0.2, 0.25) is 0 Å². The van der Waals surface area contributed by atoms with Gasteiger partial charge in [-0.2, -0.15) is 18.4 Å². The van der Waals surface area contributed by atoms with Gasteiger partial charge in [-0.05, 0) is 19.4 Å². The standard InChI is InChI=1S/C9H14F3N3/c10-9(11,12)7-14-8-2-1-4-15(6-8)5-3-13/h8,14H,1-2,4-7H2/t8-/m0/s1. The highest BCUT2D eigenvalue weighted by Crippen LogP contribution is 2.15. The maximum atomic E-state index is 11.9. The van der Waals surface area contributed by atoms with Gasteiger partial charge in [0.15, 0.2) is 0 Å². The van der Waals surface area contributed by atoms with Gasteiger partial charge >= 0.3 is 6.18 Å². The highest BCUT2D eigenvalue weighted by Gasteiger charge is 2.29. The molecule has 1 rings (SSSR count). The van der Waals surface area contributed by atoms with E-state index in [-0.39, 0.29) is 6.04 Å². The number of piperidine rings is 1. The van der Waals surface area contributed by atoms with E-state index in [1.165, 1.54) is 0 Å². The van der Waals surface area contributed by atoms with Crippen LogP contribution in [0, 0.1) is 11.3 Å². The molecular weight excluding hydrogens is 207 g/mol. The molecule has 0 aromatic carbocycles. The third-order valence-corrected chi connectivity index (χ3v) is 2.39.